The molecule has 0 heterocycles. The molecule has 0 aliphatic rings. The molecule has 2 N–H and O–H groups in total. The van der Waals surface area contributed by atoms with Crippen LogP contribution >= 0.6 is 0 Å². The number of rotatable bonds is 4. The largest absolute Gasteiger partial charge is 0.457 e. The van der Waals surface area contributed by atoms with Gasteiger partial charge in [0.2, 0.25) is 0 Å². The number of nitrogen functional groups attached to an aromatic ring is 1. The van der Waals surface area contributed by atoms with Gasteiger partial charge in [-0.1, -0.05) is 24.3 Å². The van der Waals surface area contributed by atoms with E-state index in [0.29, 0.717) is 11.4 Å². The Kier molecular flexibility index (Phi) is 3.74. The number of para-hydroxylation sites is 1. The third kappa shape index (κ3) is 3.54. The lowest BCUT2D eigenvalue weighted by molar-refractivity contribution is 0.460. The van der Waals surface area contributed by atoms with Gasteiger partial charge in [-0.25, -0.2) is 0 Å². The van der Waals surface area contributed by atoms with Crippen LogP contribution in [0.5, 0.6) is 23.0 Å². The van der Waals surface area contributed by atoms with Crippen LogP contribution in [-0.2, 0) is 0 Å². The van der Waals surface area contributed by atoms with Gasteiger partial charge in [0.15, 0.2) is 0 Å². The van der Waals surface area contributed by atoms with Gasteiger partial charge in [0, 0.05) is 11.8 Å². The topological polar surface area (TPSA) is 44.5 Å². The molecular formula is C18H15NO2. The summed E-state index contributed by atoms with van der Waals surface area (Å²) in [5.74, 6) is 2.98. The Morgan fingerprint density at radius 3 is 1.67 bits per heavy atom. The highest BCUT2D eigenvalue weighted by atomic mass is 16.5. The molecule has 0 fully saturated rings. The van der Waals surface area contributed by atoms with Crippen LogP contribution in [0.15, 0.2) is 78.9 Å². The molecule has 0 amide bonds. The van der Waals surface area contributed by atoms with Crippen LogP contribution in [0.1, 0.15) is 0 Å². The predicted molar refractivity (Wildman–Crippen MR) is 83.9 cm³/mol. The summed E-state index contributed by atoms with van der Waals surface area (Å²) in [6.45, 7) is 0. The van der Waals surface area contributed by atoms with Crippen molar-refractivity contribution in [2.75, 3.05) is 5.73 Å². The zero-order chi connectivity index (χ0) is 14.5. The standard InChI is InChI=1S/C18H15NO2/c19-14-9-11-16(12-10-14)21-18-8-4-7-17(13-18)20-15-5-2-1-3-6-15/h1-13H,19H2. The van der Waals surface area contributed by atoms with E-state index >= 15 is 0 Å². The molecule has 0 bridgehead atoms. The van der Waals surface area contributed by atoms with Crippen molar-refractivity contribution in [3.63, 3.8) is 0 Å². The average Bonchev–Trinajstić information content (AvgIpc) is 2.51. The van der Waals surface area contributed by atoms with Gasteiger partial charge in [-0.15, -0.1) is 0 Å². The Morgan fingerprint density at radius 2 is 1.05 bits per heavy atom. The Hall–Kier alpha value is -2.94. The first kappa shape index (κ1) is 13.1. The molecule has 0 spiro atoms. The summed E-state index contributed by atoms with van der Waals surface area (Å²) >= 11 is 0. The lowest BCUT2D eigenvalue weighted by atomic mass is 10.3. The Bertz CT molecular complexity index is 709. The number of nitrogens with two attached hydrogens (primary N) is 1. The highest BCUT2D eigenvalue weighted by Crippen LogP contribution is 2.28. The molecule has 0 atom stereocenters. The Labute approximate surface area is 123 Å². The molecule has 104 valence electrons. The first-order valence-corrected chi connectivity index (χ1v) is 6.66. The van der Waals surface area contributed by atoms with Gasteiger partial charge in [0.05, 0.1) is 0 Å². The molecule has 3 aromatic rings. The molecule has 21 heavy (non-hydrogen) atoms. The number of anilines is 1. The molecular weight excluding hydrogens is 262 g/mol. The fraction of sp³-hybridized carbons (Fsp3) is 0. The summed E-state index contributed by atoms with van der Waals surface area (Å²) in [6.07, 6.45) is 0. The second-order valence-corrected chi connectivity index (χ2v) is 4.56. The maximum atomic E-state index is 5.78. The van der Waals surface area contributed by atoms with E-state index in [-0.39, 0.29) is 0 Å². The minimum Gasteiger partial charge on any atom is -0.457 e. The highest BCUT2D eigenvalue weighted by molar-refractivity contribution is 5.44. The van der Waals surface area contributed by atoms with Gasteiger partial charge in [0.25, 0.3) is 0 Å². The van der Waals surface area contributed by atoms with Crippen molar-refractivity contribution < 1.29 is 9.47 Å². The van der Waals surface area contributed by atoms with E-state index in [2.05, 4.69) is 0 Å². The van der Waals surface area contributed by atoms with E-state index in [1.807, 2.05) is 66.7 Å². The third-order valence-corrected chi connectivity index (χ3v) is 2.90. The van der Waals surface area contributed by atoms with Crippen LogP contribution < -0.4 is 15.2 Å². The molecule has 0 saturated heterocycles. The number of hydrogen-bond acceptors (Lipinski definition) is 3. The SMILES string of the molecule is Nc1ccc(Oc2cccc(Oc3ccccc3)c2)cc1. The van der Waals surface area contributed by atoms with Gasteiger partial charge in [-0.2, -0.15) is 0 Å². The van der Waals surface area contributed by atoms with Crippen LogP contribution in [0.2, 0.25) is 0 Å². The van der Waals surface area contributed by atoms with E-state index in [1.54, 1.807) is 12.1 Å². The number of ether oxygens (including phenoxy) is 2. The minimum absolute atomic E-state index is 0.712. The smallest absolute Gasteiger partial charge is 0.131 e. The van der Waals surface area contributed by atoms with Crippen molar-refractivity contribution in [3.8, 4) is 23.0 Å². The first-order chi connectivity index (χ1) is 10.3. The monoisotopic (exact) mass is 277 g/mol. The number of hydrogen-bond donors (Lipinski definition) is 1. The van der Waals surface area contributed by atoms with Crippen molar-refractivity contribution in [2.24, 2.45) is 0 Å². The molecule has 0 aromatic heterocycles. The summed E-state index contributed by atoms with van der Waals surface area (Å²) < 4.78 is 11.6. The van der Waals surface area contributed by atoms with Crippen LogP contribution in [0, 0.1) is 0 Å². The average molecular weight is 277 g/mol. The lowest BCUT2D eigenvalue weighted by Crippen LogP contribution is -1.88. The van der Waals surface area contributed by atoms with Gasteiger partial charge in [-0.3, -0.25) is 0 Å². The van der Waals surface area contributed by atoms with Gasteiger partial charge in [0.1, 0.15) is 23.0 Å². The van der Waals surface area contributed by atoms with E-state index in [9.17, 15) is 0 Å². The third-order valence-electron chi connectivity index (χ3n) is 2.90. The Balaban J connectivity index is 1.75. The van der Waals surface area contributed by atoms with Crippen molar-refractivity contribution >= 4 is 5.69 Å². The molecule has 0 saturated carbocycles. The molecule has 0 radical (unpaired) electrons. The molecule has 3 nitrogen and oxygen atoms in total. The fourth-order valence-corrected chi connectivity index (χ4v) is 1.90. The summed E-state index contributed by atoms with van der Waals surface area (Å²) in [5, 5.41) is 0. The van der Waals surface area contributed by atoms with E-state index in [1.165, 1.54) is 0 Å². The maximum absolute atomic E-state index is 5.78. The maximum Gasteiger partial charge on any atom is 0.131 e. The quantitative estimate of drug-likeness (QED) is 0.693. The van der Waals surface area contributed by atoms with E-state index in [4.69, 9.17) is 15.2 Å². The van der Waals surface area contributed by atoms with E-state index in [0.717, 1.165) is 17.2 Å². The molecule has 0 aliphatic carbocycles. The second-order valence-electron chi connectivity index (χ2n) is 4.56. The van der Waals surface area contributed by atoms with Crippen molar-refractivity contribution in [1.29, 1.82) is 0 Å². The van der Waals surface area contributed by atoms with Gasteiger partial charge in [-0.05, 0) is 48.5 Å². The minimum atomic E-state index is 0.712. The van der Waals surface area contributed by atoms with Crippen molar-refractivity contribution in [3.05, 3.63) is 78.9 Å². The first-order valence-electron chi connectivity index (χ1n) is 6.66. The highest BCUT2D eigenvalue weighted by Gasteiger charge is 2.01. The van der Waals surface area contributed by atoms with E-state index < -0.39 is 0 Å². The molecule has 0 unspecified atom stereocenters. The van der Waals surface area contributed by atoms with Crippen LogP contribution in [0.25, 0.3) is 0 Å². The second kappa shape index (κ2) is 6.01. The van der Waals surface area contributed by atoms with Crippen LogP contribution in [0.3, 0.4) is 0 Å². The fourth-order valence-electron chi connectivity index (χ4n) is 1.90. The summed E-state index contributed by atoms with van der Waals surface area (Å²) in [7, 11) is 0. The van der Waals surface area contributed by atoms with Crippen molar-refractivity contribution in [1.82, 2.24) is 0 Å². The zero-order valence-electron chi connectivity index (χ0n) is 11.4. The summed E-state index contributed by atoms with van der Waals surface area (Å²) in [6, 6.07) is 24.4. The number of benzene rings is 3. The lowest BCUT2D eigenvalue weighted by Gasteiger charge is -2.09. The zero-order valence-corrected chi connectivity index (χ0v) is 11.4. The molecule has 3 heteroatoms. The molecule has 3 rings (SSSR count). The Morgan fingerprint density at radius 1 is 0.524 bits per heavy atom. The summed E-state index contributed by atoms with van der Waals surface area (Å²) in [4.78, 5) is 0. The summed E-state index contributed by atoms with van der Waals surface area (Å²) in [5.41, 5.74) is 6.37. The van der Waals surface area contributed by atoms with Gasteiger partial charge < -0.3 is 15.2 Å². The van der Waals surface area contributed by atoms with Crippen LogP contribution in [0.4, 0.5) is 5.69 Å². The van der Waals surface area contributed by atoms with Gasteiger partial charge >= 0.3 is 0 Å². The van der Waals surface area contributed by atoms with Crippen LogP contribution in [-0.4, -0.2) is 0 Å². The molecule has 0 aliphatic heterocycles. The normalized spacial score (nSPS) is 10.1. The predicted octanol–water partition coefficient (Wildman–Crippen LogP) is 4.85. The molecule has 3 aromatic carbocycles. The van der Waals surface area contributed by atoms with Crippen molar-refractivity contribution in [2.45, 2.75) is 0 Å².